The van der Waals surface area contributed by atoms with E-state index in [-0.39, 0.29) is 0 Å². The lowest BCUT2D eigenvalue weighted by Crippen LogP contribution is -2.31. The summed E-state index contributed by atoms with van der Waals surface area (Å²) in [4.78, 5) is 0. The Morgan fingerprint density at radius 3 is 1.52 bits per heavy atom. The molecule has 1 heterocycles. The first kappa shape index (κ1) is 30.1. The van der Waals surface area contributed by atoms with Gasteiger partial charge in [-0.15, -0.1) is 0 Å². The SMILES string of the molecule is c1ccc2c(c1)-c1ccccc1C21c2ccccc2-c2ccc(-c3ccc(-c4cc5oc6ccc7ccccc7c6c5c5ccccc45)cc3)c3cccc1c23. The number of hydrogen-bond donors (Lipinski definition) is 0. The highest BCUT2D eigenvalue weighted by Gasteiger charge is 2.49. The van der Waals surface area contributed by atoms with E-state index in [2.05, 4.69) is 194 Å². The van der Waals surface area contributed by atoms with Crippen molar-refractivity contribution in [3.63, 3.8) is 0 Å². The fraction of sp³-hybridized carbons (Fsp3) is 0.0182. The highest BCUT2D eigenvalue weighted by molar-refractivity contribution is 6.28. The van der Waals surface area contributed by atoms with Gasteiger partial charge in [0.05, 0.1) is 5.41 Å². The Morgan fingerprint density at radius 1 is 0.286 bits per heavy atom. The summed E-state index contributed by atoms with van der Waals surface area (Å²) in [6.07, 6.45) is 0. The molecule has 0 fully saturated rings. The van der Waals surface area contributed by atoms with Gasteiger partial charge in [-0.05, 0) is 111 Å². The van der Waals surface area contributed by atoms with Gasteiger partial charge in [-0.1, -0.05) is 182 Å². The molecule has 0 aliphatic heterocycles. The topological polar surface area (TPSA) is 13.1 Å². The zero-order valence-corrected chi connectivity index (χ0v) is 30.4. The average Bonchev–Trinajstić information content (AvgIpc) is 3.80. The van der Waals surface area contributed by atoms with E-state index in [1.807, 2.05) is 0 Å². The predicted octanol–water partition coefficient (Wildman–Crippen LogP) is 14.7. The molecule has 0 saturated carbocycles. The van der Waals surface area contributed by atoms with Crippen LogP contribution in [-0.4, -0.2) is 0 Å². The molecule has 0 unspecified atom stereocenters. The van der Waals surface area contributed by atoms with Gasteiger partial charge in [-0.2, -0.15) is 0 Å². The van der Waals surface area contributed by atoms with E-state index in [1.165, 1.54) is 110 Å². The lowest BCUT2D eigenvalue weighted by Gasteiger charge is -2.40. The van der Waals surface area contributed by atoms with Gasteiger partial charge in [0.15, 0.2) is 0 Å². The predicted molar refractivity (Wildman–Crippen MR) is 233 cm³/mol. The van der Waals surface area contributed by atoms with Gasteiger partial charge in [0.1, 0.15) is 11.2 Å². The van der Waals surface area contributed by atoms with Crippen LogP contribution < -0.4 is 0 Å². The molecule has 2 aliphatic carbocycles. The monoisotopic (exact) mass is 708 g/mol. The number of benzene rings is 10. The van der Waals surface area contributed by atoms with Gasteiger partial charge in [0.2, 0.25) is 0 Å². The molecule has 1 heteroatoms. The summed E-state index contributed by atoms with van der Waals surface area (Å²) >= 11 is 0. The van der Waals surface area contributed by atoms with Crippen molar-refractivity contribution in [3.8, 4) is 44.5 Å². The Labute approximate surface area is 323 Å². The molecule has 0 radical (unpaired) electrons. The van der Waals surface area contributed by atoms with Crippen LogP contribution in [-0.2, 0) is 5.41 Å². The Balaban J connectivity index is 1.01. The average molecular weight is 709 g/mol. The van der Waals surface area contributed by atoms with Crippen molar-refractivity contribution in [2.24, 2.45) is 0 Å². The zero-order chi connectivity index (χ0) is 36.5. The third-order valence-electron chi connectivity index (χ3n) is 12.9. The molecule has 1 spiro atoms. The van der Waals surface area contributed by atoms with Crippen LogP contribution in [0.15, 0.2) is 199 Å². The number of fused-ring (bicyclic) bond motifs is 16. The van der Waals surface area contributed by atoms with E-state index in [9.17, 15) is 0 Å². The molecule has 258 valence electrons. The second-order valence-corrected chi connectivity index (χ2v) is 15.5. The lowest BCUT2D eigenvalue weighted by atomic mass is 9.61. The molecule has 1 nitrogen and oxygen atoms in total. The summed E-state index contributed by atoms with van der Waals surface area (Å²) in [6, 6.07) is 72.0. The van der Waals surface area contributed by atoms with Crippen LogP contribution in [0.25, 0.3) is 98.8 Å². The normalized spacial score (nSPS) is 13.5. The first-order valence-corrected chi connectivity index (χ1v) is 19.5. The Bertz CT molecular complexity index is 3430. The minimum Gasteiger partial charge on any atom is -0.456 e. The molecule has 0 bridgehead atoms. The number of furan rings is 1. The van der Waals surface area contributed by atoms with Crippen molar-refractivity contribution in [3.05, 3.63) is 216 Å². The molecular formula is C55H32O. The lowest BCUT2D eigenvalue weighted by molar-refractivity contribution is 0.669. The maximum Gasteiger partial charge on any atom is 0.136 e. The van der Waals surface area contributed by atoms with Crippen molar-refractivity contribution >= 4 is 54.3 Å². The maximum atomic E-state index is 6.62. The first-order valence-electron chi connectivity index (χ1n) is 19.5. The first-order chi connectivity index (χ1) is 27.8. The smallest absolute Gasteiger partial charge is 0.136 e. The van der Waals surface area contributed by atoms with Crippen LogP contribution in [0.4, 0.5) is 0 Å². The molecule has 0 amide bonds. The third kappa shape index (κ3) is 3.75. The van der Waals surface area contributed by atoms with Crippen LogP contribution in [0.1, 0.15) is 22.3 Å². The van der Waals surface area contributed by atoms with E-state index < -0.39 is 5.41 Å². The summed E-state index contributed by atoms with van der Waals surface area (Å²) < 4.78 is 6.62. The third-order valence-corrected chi connectivity index (χ3v) is 12.9. The van der Waals surface area contributed by atoms with E-state index in [0.717, 1.165) is 11.2 Å². The van der Waals surface area contributed by atoms with Crippen LogP contribution in [0.2, 0.25) is 0 Å². The van der Waals surface area contributed by atoms with Gasteiger partial charge in [0.25, 0.3) is 0 Å². The van der Waals surface area contributed by atoms with Crippen molar-refractivity contribution in [2.45, 2.75) is 5.41 Å². The van der Waals surface area contributed by atoms with Crippen molar-refractivity contribution in [1.29, 1.82) is 0 Å². The van der Waals surface area contributed by atoms with E-state index in [1.54, 1.807) is 0 Å². The zero-order valence-electron chi connectivity index (χ0n) is 30.4. The fourth-order valence-corrected chi connectivity index (χ4v) is 10.7. The van der Waals surface area contributed by atoms with Gasteiger partial charge < -0.3 is 4.42 Å². The minimum absolute atomic E-state index is 0.401. The molecule has 11 aromatic rings. The summed E-state index contributed by atoms with van der Waals surface area (Å²) in [5.74, 6) is 0. The highest BCUT2D eigenvalue weighted by Crippen LogP contribution is 2.62. The van der Waals surface area contributed by atoms with Crippen LogP contribution in [0, 0.1) is 0 Å². The van der Waals surface area contributed by atoms with Crippen molar-refractivity contribution in [1.82, 2.24) is 0 Å². The summed E-state index contributed by atoms with van der Waals surface area (Å²) in [6.45, 7) is 0. The molecule has 10 aromatic carbocycles. The minimum atomic E-state index is -0.401. The van der Waals surface area contributed by atoms with Gasteiger partial charge in [-0.3, -0.25) is 0 Å². The molecule has 0 saturated heterocycles. The summed E-state index contributed by atoms with van der Waals surface area (Å²) in [7, 11) is 0. The molecule has 0 N–H and O–H groups in total. The van der Waals surface area contributed by atoms with E-state index >= 15 is 0 Å². The highest BCUT2D eigenvalue weighted by atomic mass is 16.3. The Kier molecular flexibility index (Phi) is 5.89. The standard InChI is InChI=1S/C55H32O/c1-2-13-37-33(12-1)28-31-50-53(37)54-43-18-4-3-14-38(43)45(32-51(54)56-50)35-26-24-34(25-27-35)36-29-30-44-41-17-7-10-22-48(41)55(49-23-11-19-42(36)52(44)49)46-20-8-5-15-39(46)40-16-6-9-21-47(40)55/h1-32H. The van der Waals surface area contributed by atoms with Gasteiger partial charge in [-0.25, -0.2) is 0 Å². The summed E-state index contributed by atoms with van der Waals surface area (Å²) in [5, 5.41) is 9.89. The number of hydrogen-bond acceptors (Lipinski definition) is 1. The van der Waals surface area contributed by atoms with E-state index in [4.69, 9.17) is 4.42 Å². The van der Waals surface area contributed by atoms with Crippen molar-refractivity contribution in [2.75, 3.05) is 0 Å². The Morgan fingerprint density at radius 2 is 0.804 bits per heavy atom. The maximum absolute atomic E-state index is 6.62. The second-order valence-electron chi connectivity index (χ2n) is 15.5. The summed E-state index contributed by atoms with van der Waals surface area (Å²) in [5.41, 5.74) is 17.0. The quantitative estimate of drug-likeness (QED) is 0.174. The largest absolute Gasteiger partial charge is 0.456 e. The second kappa shape index (κ2) is 10.9. The molecule has 56 heavy (non-hydrogen) atoms. The molecule has 0 atom stereocenters. The molecule has 2 aliphatic rings. The van der Waals surface area contributed by atoms with Gasteiger partial charge >= 0.3 is 0 Å². The molecule has 13 rings (SSSR count). The van der Waals surface area contributed by atoms with Crippen molar-refractivity contribution < 1.29 is 4.42 Å². The van der Waals surface area contributed by atoms with Gasteiger partial charge in [0, 0.05) is 10.8 Å². The number of rotatable bonds is 2. The van der Waals surface area contributed by atoms with Crippen LogP contribution in [0.3, 0.4) is 0 Å². The fourth-order valence-electron chi connectivity index (χ4n) is 10.7. The van der Waals surface area contributed by atoms with Crippen LogP contribution in [0.5, 0.6) is 0 Å². The Hall–Kier alpha value is -7.22. The molecular weight excluding hydrogens is 677 g/mol. The molecule has 1 aromatic heterocycles. The van der Waals surface area contributed by atoms with Crippen LogP contribution >= 0.6 is 0 Å². The van der Waals surface area contributed by atoms with E-state index in [0.29, 0.717) is 0 Å².